The lowest BCUT2D eigenvalue weighted by atomic mass is 9.90. The Kier molecular flexibility index (Phi) is 5.32. The van der Waals surface area contributed by atoms with Crippen LogP contribution in [0.1, 0.15) is 65.4 Å². The Labute approximate surface area is 161 Å². The maximum absolute atomic E-state index is 7.93. The zero-order chi connectivity index (χ0) is 20.7. The van der Waals surface area contributed by atoms with Crippen molar-refractivity contribution < 1.29 is 0 Å². The first-order valence-electron chi connectivity index (χ1n) is 9.08. The average molecular weight is 373 g/mol. The summed E-state index contributed by atoms with van der Waals surface area (Å²) in [5.74, 6) is 1.77. The molecule has 0 aliphatic rings. The maximum Gasteiger partial charge on any atom is 0.176 e. The molecule has 0 fully saturated rings. The van der Waals surface area contributed by atoms with Crippen molar-refractivity contribution in [3.8, 4) is 0 Å². The molecule has 8 heteroatoms. The molecule has 0 radical (unpaired) electrons. The summed E-state index contributed by atoms with van der Waals surface area (Å²) in [4.78, 5) is 1.72. The number of azo groups is 1. The van der Waals surface area contributed by atoms with Crippen molar-refractivity contribution >= 4 is 23.2 Å². The highest BCUT2D eigenvalue weighted by molar-refractivity contribution is 5.95. The molecule has 2 N–H and O–H groups in total. The standard InChI is InChI=1S/C19H32N8/c1-11-14(18(3,4)5)25-27(10)16(11)23-21-13-15(19(6,7)8)22-24-17(13)26(9)12(2)20/h20H,1-10H3,(H,22,24)/b20-12?,23-21+. The fourth-order valence-electron chi connectivity index (χ4n) is 2.92. The lowest BCUT2D eigenvalue weighted by Gasteiger charge is -2.18. The van der Waals surface area contributed by atoms with Crippen molar-refractivity contribution in [2.24, 2.45) is 17.3 Å². The van der Waals surface area contributed by atoms with Crippen LogP contribution in [0, 0.1) is 12.3 Å². The van der Waals surface area contributed by atoms with E-state index in [0.717, 1.165) is 22.8 Å². The zero-order valence-corrected chi connectivity index (χ0v) is 18.2. The summed E-state index contributed by atoms with van der Waals surface area (Å²) >= 11 is 0. The van der Waals surface area contributed by atoms with Gasteiger partial charge in [-0.05, 0) is 13.8 Å². The topological polar surface area (TPSA) is 98.3 Å². The monoisotopic (exact) mass is 372 g/mol. The maximum atomic E-state index is 7.93. The summed E-state index contributed by atoms with van der Waals surface area (Å²) in [6.45, 7) is 16.4. The van der Waals surface area contributed by atoms with E-state index in [4.69, 9.17) is 5.41 Å². The van der Waals surface area contributed by atoms with Gasteiger partial charge in [-0.25, -0.2) is 4.68 Å². The van der Waals surface area contributed by atoms with Crippen molar-refractivity contribution in [3.63, 3.8) is 0 Å². The normalized spacial score (nSPS) is 12.8. The summed E-state index contributed by atoms with van der Waals surface area (Å²) in [6.07, 6.45) is 0. The van der Waals surface area contributed by atoms with Crippen molar-refractivity contribution in [3.05, 3.63) is 17.0 Å². The van der Waals surface area contributed by atoms with Crippen LogP contribution in [-0.4, -0.2) is 32.9 Å². The molecule has 2 aromatic heterocycles. The molecule has 0 saturated heterocycles. The van der Waals surface area contributed by atoms with Crippen LogP contribution in [0.3, 0.4) is 0 Å². The van der Waals surface area contributed by atoms with Gasteiger partial charge in [0.1, 0.15) is 0 Å². The fraction of sp³-hybridized carbons (Fsp3) is 0.632. The average Bonchev–Trinajstić information content (AvgIpc) is 3.05. The van der Waals surface area contributed by atoms with Gasteiger partial charge in [-0.3, -0.25) is 10.5 Å². The molecule has 0 unspecified atom stereocenters. The summed E-state index contributed by atoms with van der Waals surface area (Å²) in [6, 6.07) is 0. The second-order valence-electron chi connectivity index (χ2n) is 9.03. The first-order chi connectivity index (χ1) is 12.2. The Balaban J connectivity index is 2.59. The van der Waals surface area contributed by atoms with Crippen molar-refractivity contribution in [1.82, 2.24) is 20.0 Å². The van der Waals surface area contributed by atoms with Gasteiger partial charge in [0.15, 0.2) is 17.3 Å². The molecule has 0 aliphatic carbocycles. The molecule has 148 valence electrons. The zero-order valence-electron chi connectivity index (χ0n) is 18.2. The summed E-state index contributed by atoms with van der Waals surface area (Å²) in [5, 5.41) is 29.1. The minimum atomic E-state index is -0.210. The van der Waals surface area contributed by atoms with Crippen LogP contribution in [0.4, 0.5) is 17.3 Å². The highest BCUT2D eigenvalue weighted by Crippen LogP contribution is 2.38. The quantitative estimate of drug-likeness (QED) is 0.455. The molecule has 0 aromatic carbocycles. The van der Waals surface area contributed by atoms with Crippen LogP contribution in [-0.2, 0) is 17.9 Å². The number of aryl methyl sites for hydroxylation is 1. The lowest BCUT2D eigenvalue weighted by Crippen LogP contribution is -2.22. The number of H-pyrrole nitrogens is 1. The molecule has 0 atom stereocenters. The van der Waals surface area contributed by atoms with Crippen molar-refractivity contribution in [2.75, 3.05) is 11.9 Å². The number of aromatic nitrogens is 4. The molecule has 0 aliphatic heterocycles. The smallest absolute Gasteiger partial charge is 0.176 e. The van der Waals surface area contributed by atoms with Crippen LogP contribution < -0.4 is 4.90 Å². The van der Waals surface area contributed by atoms with E-state index in [-0.39, 0.29) is 10.8 Å². The van der Waals surface area contributed by atoms with Gasteiger partial charge in [-0.1, -0.05) is 41.5 Å². The largest absolute Gasteiger partial charge is 0.317 e. The summed E-state index contributed by atoms with van der Waals surface area (Å²) < 4.78 is 1.77. The number of anilines is 1. The molecule has 0 amide bonds. The van der Waals surface area contributed by atoms with Crippen molar-refractivity contribution in [1.29, 1.82) is 5.41 Å². The number of nitrogens with one attached hydrogen (secondary N) is 2. The Morgan fingerprint density at radius 3 is 2.07 bits per heavy atom. The predicted molar refractivity (Wildman–Crippen MR) is 110 cm³/mol. The first kappa shape index (κ1) is 20.8. The molecule has 2 heterocycles. The third-order valence-electron chi connectivity index (χ3n) is 4.47. The van der Waals surface area contributed by atoms with Crippen LogP contribution in [0.15, 0.2) is 10.2 Å². The Morgan fingerprint density at radius 1 is 1.07 bits per heavy atom. The molecule has 8 nitrogen and oxygen atoms in total. The van der Waals surface area contributed by atoms with Crippen LogP contribution in [0.2, 0.25) is 0 Å². The minimum absolute atomic E-state index is 0.0650. The second kappa shape index (κ2) is 6.90. The van der Waals surface area contributed by atoms with E-state index in [1.165, 1.54) is 0 Å². The van der Waals surface area contributed by atoms with E-state index in [2.05, 4.69) is 67.1 Å². The van der Waals surface area contributed by atoms with Crippen LogP contribution >= 0.6 is 0 Å². The van der Waals surface area contributed by atoms with Crippen LogP contribution in [0.25, 0.3) is 0 Å². The van der Waals surface area contributed by atoms with E-state index in [1.54, 1.807) is 16.5 Å². The molecule has 2 rings (SSSR count). The Hall–Kier alpha value is -2.51. The second-order valence-corrected chi connectivity index (χ2v) is 9.03. The van der Waals surface area contributed by atoms with Gasteiger partial charge in [0, 0.05) is 30.5 Å². The van der Waals surface area contributed by atoms with Gasteiger partial charge < -0.3 is 4.90 Å². The lowest BCUT2D eigenvalue weighted by molar-refractivity contribution is 0.550. The number of rotatable bonds is 3. The van der Waals surface area contributed by atoms with E-state index >= 15 is 0 Å². The Morgan fingerprint density at radius 2 is 1.63 bits per heavy atom. The third kappa shape index (κ3) is 4.09. The number of aromatic amines is 1. The Bertz CT molecular complexity index is 871. The van der Waals surface area contributed by atoms with E-state index in [1.807, 2.05) is 21.0 Å². The van der Waals surface area contributed by atoms with Gasteiger partial charge >= 0.3 is 0 Å². The summed E-state index contributed by atoms with van der Waals surface area (Å²) in [5.41, 5.74) is 3.21. The SMILES string of the molecule is CC(=N)N(C)c1[nH]nc(C(C)(C)C)c1/N=N/c1c(C)c(C(C)(C)C)nn1C. The molecule has 2 aromatic rings. The predicted octanol–water partition coefficient (Wildman–Crippen LogP) is 4.90. The minimum Gasteiger partial charge on any atom is -0.317 e. The number of hydrogen-bond donors (Lipinski definition) is 2. The fourth-order valence-corrected chi connectivity index (χ4v) is 2.92. The molecule has 0 saturated carbocycles. The highest BCUT2D eigenvalue weighted by Gasteiger charge is 2.27. The van der Waals surface area contributed by atoms with Gasteiger partial charge in [0.2, 0.25) is 0 Å². The molecule has 0 spiro atoms. The first-order valence-corrected chi connectivity index (χ1v) is 9.08. The number of hydrogen-bond acceptors (Lipinski definition) is 5. The van der Waals surface area contributed by atoms with Gasteiger partial charge in [0.05, 0.1) is 17.2 Å². The number of amidine groups is 1. The van der Waals surface area contributed by atoms with Gasteiger partial charge in [0.25, 0.3) is 0 Å². The van der Waals surface area contributed by atoms with E-state index in [0.29, 0.717) is 17.3 Å². The van der Waals surface area contributed by atoms with E-state index in [9.17, 15) is 0 Å². The molecular formula is C19H32N8. The van der Waals surface area contributed by atoms with Crippen LogP contribution in [0.5, 0.6) is 0 Å². The van der Waals surface area contributed by atoms with Gasteiger partial charge in [-0.2, -0.15) is 10.2 Å². The molecule has 0 bridgehead atoms. The van der Waals surface area contributed by atoms with Gasteiger partial charge in [-0.15, -0.1) is 10.2 Å². The summed E-state index contributed by atoms with van der Waals surface area (Å²) in [7, 11) is 3.69. The highest BCUT2D eigenvalue weighted by atomic mass is 15.4. The number of nitrogens with zero attached hydrogens (tertiary/aromatic N) is 6. The van der Waals surface area contributed by atoms with Crippen molar-refractivity contribution in [2.45, 2.75) is 66.2 Å². The molecule has 27 heavy (non-hydrogen) atoms. The third-order valence-corrected chi connectivity index (χ3v) is 4.47. The molecular weight excluding hydrogens is 340 g/mol. The van der Waals surface area contributed by atoms with E-state index < -0.39 is 0 Å².